The Bertz CT molecular complexity index is 1090. The fraction of sp³-hybridized carbons (Fsp3) is 0.208. The molecule has 0 aliphatic carbocycles. The maximum atomic E-state index is 12.8. The number of carbonyl (C=O) groups is 3. The second-order valence-corrected chi connectivity index (χ2v) is 6.80. The summed E-state index contributed by atoms with van der Waals surface area (Å²) >= 11 is 0. The summed E-state index contributed by atoms with van der Waals surface area (Å²) in [6, 6.07) is 17.7. The number of benzene rings is 3. The van der Waals surface area contributed by atoms with Crippen LogP contribution in [0.3, 0.4) is 0 Å². The van der Waals surface area contributed by atoms with E-state index >= 15 is 0 Å². The van der Waals surface area contributed by atoms with Crippen molar-refractivity contribution >= 4 is 34.3 Å². The van der Waals surface area contributed by atoms with Crippen LogP contribution in [0, 0.1) is 0 Å². The molecule has 0 aliphatic heterocycles. The lowest BCUT2D eigenvalue weighted by Gasteiger charge is -2.18. The van der Waals surface area contributed by atoms with Gasteiger partial charge in [0.15, 0.2) is 6.10 Å². The summed E-state index contributed by atoms with van der Waals surface area (Å²) in [5.74, 6) is -1.12. The minimum absolute atomic E-state index is 0.115. The van der Waals surface area contributed by atoms with Crippen molar-refractivity contribution in [3.8, 4) is 5.75 Å². The van der Waals surface area contributed by atoms with Gasteiger partial charge in [-0.15, -0.1) is 0 Å². The maximum Gasteiger partial charge on any atom is 0.337 e. The van der Waals surface area contributed by atoms with Crippen LogP contribution in [0.4, 0.5) is 5.69 Å². The Kier molecular flexibility index (Phi) is 6.87. The quantitative estimate of drug-likeness (QED) is 0.575. The van der Waals surface area contributed by atoms with Gasteiger partial charge in [-0.05, 0) is 47.5 Å². The topological polar surface area (TPSA) is 90.9 Å². The third-order valence-electron chi connectivity index (χ3n) is 4.71. The van der Waals surface area contributed by atoms with Crippen molar-refractivity contribution in [1.82, 2.24) is 0 Å². The number of carbonyl (C=O) groups excluding carboxylic acids is 3. The smallest absolute Gasteiger partial charge is 0.337 e. The van der Waals surface area contributed by atoms with Gasteiger partial charge in [-0.25, -0.2) is 9.59 Å². The fourth-order valence-electron chi connectivity index (χ4n) is 3.12. The summed E-state index contributed by atoms with van der Waals surface area (Å²) in [6.45, 7) is 1.83. The lowest BCUT2D eigenvalue weighted by atomic mass is 10.1. The van der Waals surface area contributed by atoms with Gasteiger partial charge in [-0.2, -0.15) is 0 Å². The van der Waals surface area contributed by atoms with Crippen LogP contribution >= 0.6 is 0 Å². The number of nitrogens with one attached hydrogen (secondary N) is 1. The van der Waals surface area contributed by atoms with Gasteiger partial charge in [0, 0.05) is 5.69 Å². The summed E-state index contributed by atoms with van der Waals surface area (Å²) in [5.41, 5.74) is 0.488. The van der Waals surface area contributed by atoms with Crippen LogP contribution in [-0.4, -0.2) is 38.2 Å². The van der Waals surface area contributed by atoms with E-state index in [2.05, 4.69) is 5.32 Å². The van der Waals surface area contributed by atoms with Gasteiger partial charge < -0.3 is 19.5 Å². The standard InChI is InChI=1S/C24H23NO6/c1-4-21(31-20-10-9-15-7-5-6-8-16(15)14-20)22(26)25-19-12-17(23(27)29-2)11-18(13-19)24(28)30-3/h5-14,21H,4H2,1-3H3,(H,25,26)/t21-/m1/s1. The minimum atomic E-state index is -0.774. The molecule has 0 spiro atoms. The molecule has 0 bridgehead atoms. The summed E-state index contributed by atoms with van der Waals surface area (Å²) in [6.07, 6.45) is -0.358. The zero-order valence-electron chi connectivity index (χ0n) is 17.5. The van der Waals surface area contributed by atoms with E-state index in [-0.39, 0.29) is 16.8 Å². The van der Waals surface area contributed by atoms with Crippen LogP contribution in [0.5, 0.6) is 5.75 Å². The van der Waals surface area contributed by atoms with Crippen molar-refractivity contribution in [2.75, 3.05) is 19.5 Å². The monoisotopic (exact) mass is 421 g/mol. The molecule has 0 saturated heterocycles. The molecule has 3 aromatic rings. The third-order valence-corrected chi connectivity index (χ3v) is 4.71. The molecule has 0 radical (unpaired) electrons. The van der Waals surface area contributed by atoms with E-state index in [9.17, 15) is 14.4 Å². The van der Waals surface area contributed by atoms with Crippen LogP contribution in [-0.2, 0) is 14.3 Å². The summed E-state index contributed by atoms with van der Waals surface area (Å²) in [7, 11) is 2.46. The van der Waals surface area contributed by atoms with E-state index in [1.807, 2.05) is 49.4 Å². The van der Waals surface area contributed by atoms with Crippen molar-refractivity contribution in [3.63, 3.8) is 0 Å². The number of hydrogen-bond donors (Lipinski definition) is 1. The highest BCUT2D eigenvalue weighted by Gasteiger charge is 2.21. The molecule has 0 heterocycles. The summed E-state index contributed by atoms with van der Waals surface area (Å²) < 4.78 is 15.3. The van der Waals surface area contributed by atoms with Crippen molar-refractivity contribution < 1.29 is 28.6 Å². The minimum Gasteiger partial charge on any atom is -0.481 e. The Morgan fingerprint density at radius 3 is 2.03 bits per heavy atom. The molecule has 1 N–H and O–H groups in total. The molecule has 1 atom stereocenters. The number of anilines is 1. The molecule has 3 aromatic carbocycles. The molecule has 7 heteroatoms. The lowest BCUT2D eigenvalue weighted by Crippen LogP contribution is -2.32. The first-order chi connectivity index (χ1) is 14.9. The summed E-state index contributed by atoms with van der Waals surface area (Å²) in [5, 5.41) is 4.78. The Hall–Kier alpha value is -3.87. The van der Waals surface area contributed by atoms with Crippen molar-refractivity contribution in [2.24, 2.45) is 0 Å². The predicted molar refractivity (Wildman–Crippen MR) is 116 cm³/mol. The van der Waals surface area contributed by atoms with Gasteiger partial charge in [0.05, 0.1) is 25.3 Å². The van der Waals surface area contributed by atoms with E-state index in [4.69, 9.17) is 14.2 Å². The van der Waals surface area contributed by atoms with E-state index < -0.39 is 23.9 Å². The molecule has 0 saturated carbocycles. The van der Waals surface area contributed by atoms with Gasteiger partial charge in [0.1, 0.15) is 5.75 Å². The number of hydrogen-bond acceptors (Lipinski definition) is 6. The Morgan fingerprint density at radius 2 is 1.45 bits per heavy atom. The number of amides is 1. The van der Waals surface area contributed by atoms with Crippen LogP contribution in [0.1, 0.15) is 34.1 Å². The Labute approximate surface area is 179 Å². The van der Waals surface area contributed by atoms with Gasteiger partial charge in [-0.3, -0.25) is 4.79 Å². The predicted octanol–water partition coefficient (Wildman–Crippen LogP) is 4.21. The first-order valence-electron chi connectivity index (χ1n) is 9.73. The lowest BCUT2D eigenvalue weighted by molar-refractivity contribution is -0.122. The molecule has 3 rings (SSSR count). The molecule has 0 aromatic heterocycles. The van der Waals surface area contributed by atoms with E-state index in [1.54, 1.807) is 0 Å². The van der Waals surface area contributed by atoms with Crippen molar-refractivity contribution in [2.45, 2.75) is 19.4 Å². The summed E-state index contributed by atoms with van der Waals surface area (Å²) in [4.78, 5) is 36.7. The fourth-order valence-corrected chi connectivity index (χ4v) is 3.12. The Balaban J connectivity index is 1.82. The molecule has 31 heavy (non-hydrogen) atoms. The number of rotatable bonds is 7. The third kappa shape index (κ3) is 5.19. The van der Waals surface area contributed by atoms with Crippen LogP contribution in [0.25, 0.3) is 10.8 Å². The highest BCUT2D eigenvalue weighted by atomic mass is 16.5. The molecule has 0 aliphatic rings. The zero-order chi connectivity index (χ0) is 22.4. The van der Waals surface area contributed by atoms with E-state index in [1.165, 1.54) is 32.4 Å². The number of fused-ring (bicyclic) bond motifs is 1. The molecule has 1 amide bonds. The molecule has 160 valence electrons. The van der Waals surface area contributed by atoms with E-state index in [0.717, 1.165) is 10.8 Å². The molecule has 0 unspecified atom stereocenters. The number of ether oxygens (including phenoxy) is 3. The maximum absolute atomic E-state index is 12.8. The average Bonchev–Trinajstić information content (AvgIpc) is 2.80. The first kappa shape index (κ1) is 21.8. The second kappa shape index (κ2) is 9.75. The van der Waals surface area contributed by atoms with Gasteiger partial charge in [-0.1, -0.05) is 37.3 Å². The normalized spacial score (nSPS) is 11.5. The molecule has 0 fully saturated rings. The van der Waals surface area contributed by atoms with Gasteiger partial charge in [0.2, 0.25) is 0 Å². The largest absolute Gasteiger partial charge is 0.481 e. The molecule has 7 nitrogen and oxygen atoms in total. The highest BCUT2D eigenvalue weighted by molar-refractivity contribution is 6.00. The molecular formula is C24H23NO6. The molecular weight excluding hydrogens is 398 g/mol. The van der Waals surface area contributed by atoms with Crippen LogP contribution in [0.15, 0.2) is 60.7 Å². The number of methoxy groups -OCH3 is 2. The first-order valence-corrected chi connectivity index (χ1v) is 9.73. The van der Waals surface area contributed by atoms with Crippen LogP contribution < -0.4 is 10.1 Å². The van der Waals surface area contributed by atoms with Gasteiger partial charge >= 0.3 is 11.9 Å². The highest BCUT2D eigenvalue weighted by Crippen LogP contribution is 2.23. The number of esters is 2. The van der Waals surface area contributed by atoms with Gasteiger partial charge in [0.25, 0.3) is 5.91 Å². The second-order valence-electron chi connectivity index (χ2n) is 6.80. The average molecular weight is 421 g/mol. The zero-order valence-corrected chi connectivity index (χ0v) is 17.5. The van der Waals surface area contributed by atoms with Crippen molar-refractivity contribution in [1.29, 1.82) is 0 Å². The van der Waals surface area contributed by atoms with Crippen LogP contribution in [0.2, 0.25) is 0 Å². The SMILES string of the molecule is CC[C@@H](Oc1ccc2ccccc2c1)C(=O)Nc1cc(C(=O)OC)cc(C(=O)OC)c1. The van der Waals surface area contributed by atoms with E-state index in [0.29, 0.717) is 12.2 Å². The Morgan fingerprint density at radius 1 is 0.839 bits per heavy atom. The van der Waals surface area contributed by atoms with Crippen molar-refractivity contribution in [3.05, 3.63) is 71.8 Å².